The fourth-order valence-corrected chi connectivity index (χ4v) is 2.72. The molecule has 1 amide bonds. The predicted molar refractivity (Wildman–Crippen MR) is 73.1 cm³/mol. The van der Waals surface area contributed by atoms with E-state index in [1.807, 2.05) is 7.05 Å². The first-order valence-corrected chi connectivity index (χ1v) is 7.11. The molecule has 0 aromatic rings. The Kier molecular flexibility index (Phi) is 6.09. The van der Waals surface area contributed by atoms with Crippen LogP contribution in [0.1, 0.15) is 51.9 Å². The highest BCUT2D eigenvalue weighted by atomic mass is 16.3. The third kappa shape index (κ3) is 4.58. The van der Waals surface area contributed by atoms with E-state index in [2.05, 4.69) is 0 Å². The van der Waals surface area contributed by atoms with E-state index in [9.17, 15) is 9.90 Å². The molecular weight excluding hydrogens is 228 g/mol. The van der Waals surface area contributed by atoms with Gasteiger partial charge < -0.3 is 15.7 Å². The van der Waals surface area contributed by atoms with Crippen molar-refractivity contribution >= 4 is 5.91 Å². The Balaban J connectivity index is 2.45. The van der Waals surface area contributed by atoms with Crippen molar-refractivity contribution in [2.45, 2.75) is 58.0 Å². The molecule has 1 fully saturated rings. The van der Waals surface area contributed by atoms with Gasteiger partial charge in [0.15, 0.2) is 0 Å². The Morgan fingerprint density at radius 3 is 2.50 bits per heavy atom. The second-order valence-electron chi connectivity index (χ2n) is 5.89. The standard InChI is InChI=1S/C14H28N2O2/c1-12(17)6-9-16(2)13(18)10-14(11-15)7-4-3-5-8-14/h12,17H,3-11,15H2,1-2H3. The smallest absolute Gasteiger partial charge is 0.222 e. The van der Waals surface area contributed by atoms with Gasteiger partial charge in [0.05, 0.1) is 6.10 Å². The molecule has 0 spiro atoms. The van der Waals surface area contributed by atoms with Gasteiger partial charge in [0, 0.05) is 20.0 Å². The van der Waals surface area contributed by atoms with E-state index in [1.54, 1.807) is 11.8 Å². The lowest BCUT2D eigenvalue weighted by Gasteiger charge is -2.36. The lowest BCUT2D eigenvalue weighted by molar-refractivity contribution is -0.133. The fraction of sp³-hybridized carbons (Fsp3) is 0.929. The van der Waals surface area contributed by atoms with E-state index in [0.717, 1.165) is 12.8 Å². The number of carbonyl (C=O) groups is 1. The lowest BCUT2D eigenvalue weighted by atomic mass is 9.71. The van der Waals surface area contributed by atoms with Crippen LogP contribution in [0.25, 0.3) is 0 Å². The maximum atomic E-state index is 12.2. The number of hydrogen-bond donors (Lipinski definition) is 2. The number of nitrogens with two attached hydrogens (primary N) is 1. The van der Waals surface area contributed by atoms with E-state index in [4.69, 9.17) is 5.73 Å². The minimum Gasteiger partial charge on any atom is -0.393 e. The first-order valence-electron chi connectivity index (χ1n) is 7.11. The summed E-state index contributed by atoms with van der Waals surface area (Å²) in [6.07, 6.45) is 6.69. The lowest BCUT2D eigenvalue weighted by Crippen LogP contribution is -2.39. The highest BCUT2D eigenvalue weighted by Gasteiger charge is 2.33. The molecule has 0 aliphatic heterocycles. The molecule has 0 aromatic carbocycles. The van der Waals surface area contributed by atoms with Gasteiger partial charge in [-0.2, -0.15) is 0 Å². The van der Waals surface area contributed by atoms with Gasteiger partial charge in [-0.15, -0.1) is 0 Å². The summed E-state index contributed by atoms with van der Waals surface area (Å²) in [4.78, 5) is 13.9. The molecule has 1 atom stereocenters. The Labute approximate surface area is 111 Å². The minimum absolute atomic E-state index is 0.0361. The van der Waals surface area contributed by atoms with Crippen LogP contribution < -0.4 is 5.73 Å². The van der Waals surface area contributed by atoms with E-state index in [0.29, 0.717) is 25.9 Å². The molecule has 1 aliphatic carbocycles. The predicted octanol–water partition coefficient (Wildman–Crippen LogP) is 1.51. The summed E-state index contributed by atoms with van der Waals surface area (Å²) < 4.78 is 0. The van der Waals surface area contributed by atoms with Crippen LogP contribution in [0, 0.1) is 5.41 Å². The molecule has 1 unspecified atom stereocenters. The summed E-state index contributed by atoms with van der Waals surface area (Å²) >= 11 is 0. The zero-order chi connectivity index (χ0) is 13.6. The van der Waals surface area contributed by atoms with Gasteiger partial charge in [-0.05, 0) is 38.1 Å². The first kappa shape index (κ1) is 15.4. The summed E-state index contributed by atoms with van der Waals surface area (Å²) in [6.45, 7) is 2.99. The number of aliphatic hydroxyl groups is 1. The molecule has 4 heteroatoms. The maximum absolute atomic E-state index is 12.2. The third-order valence-electron chi connectivity index (χ3n) is 4.18. The highest BCUT2D eigenvalue weighted by molar-refractivity contribution is 5.76. The second-order valence-corrected chi connectivity index (χ2v) is 5.89. The average Bonchev–Trinajstić information content (AvgIpc) is 2.36. The van der Waals surface area contributed by atoms with Crippen LogP contribution in [0.3, 0.4) is 0 Å². The average molecular weight is 256 g/mol. The van der Waals surface area contributed by atoms with Gasteiger partial charge in [0.2, 0.25) is 5.91 Å². The fourth-order valence-electron chi connectivity index (χ4n) is 2.72. The Bertz CT molecular complexity index is 261. The third-order valence-corrected chi connectivity index (χ3v) is 4.18. The van der Waals surface area contributed by atoms with Crippen molar-refractivity contribution in [3.05, 3.63) is 0 Å². The highest BCUT2D eigenvalue weighted by Crippen LogP contribution is 2.38. The van der Waals surface area contributed by atoms with Crippen molar-refractivity contribution in [1.29, 1.82) is 0 Å². The van der Waals surface area contributed by atoms with E-state index in [-0.39, 0.29) is 17.4 Å². The molecule has 1 saturated carbocycles. The molecule has 1 aliphatic rings. The summed E-state index contributed by atoms with van der Waals surface area (Å²) in [6, 6.07) is 0. The molecule has 0 radical (unpaired) electrons. The number of carbonyl (C=O) groups excluding carboxylic acids is 1. The van der Waals surface area contributed by atoms with Crippen molar-refractivity contribution < 1.29 is 9.90 Å². The summed E-state index contributed by atoms with van der Waals surface area (Å²) in [5.74, 6) is 0.169. The van der Waals surface area contributed by atoms with Crippen molar-refractivity contribution in [1.82, 2.24) is 4.90 Å². The van der Waals surface area contributed by atoms with Crippen LogP contribution in [0.2, 0.25) is 0 Å². The van der Waals surface area contributed by atoms with Gasteiger partial charge in [0.25, 0.3) is 0 Å². The van der Waals surface area contributed by atoms with Crippen molar-refractivity contribution in [3.8, 4) is 0 Å². The Hall–Kier alpha value is -0.610. The van der Waals surface area contributed by atoms with Crippen molar-refractivity contribution in [2.75, 3.05) is 20.1 Å². The van der Waals surface area contributed by atoms with E-state index >= 15 is 0 Å². The SMILES string of the molecule is CC(O)CCN(C)C(=O)CC1(CN)CCCCC1. The molecule has 1 rings (SSSR count). The molecule has 0 aromatic heterocycles. The zero-order valence-electron chi connectivity index (χ0n) is 11.8. The normalized spacial score (nSPS) is 20.4. The van der Waals surface area contributed by atoms with Crippen LogP contribution in [0.15, 0.2) is 0 Å². The van der Waals surface area contributed by atoms with Crippen LogP contribution in [0.5, 0.6) is 0 Å². The van der Waals surface area contributed by atoms with Crippen molar-refractivity contribution in [3.63, 3.8) is 0 Å². The topological polar surface area (TPSA) is 66.6 Å². The largest absolute Gasteiger partial charge is 0.393 e. The number of hydrogen-bond acceptors (Lipinski definition) is 3. The van der Waals surface area contributed by atoms with Gasteiger partial charge in [-0.25, -0.2) is 0 Å². The molecule has 3 N–H and O–H groups in total. The molecule has 0 bridgehead atoms. The molecular formula is C14H28N2O2. The van der Waals surface area contributed by atoms with Gasteiger partial charge in [-0.3, -0.25) is 4.79 Å². The number of nitrogens with zero attached hydrogens (tertiary/aromatic N) is 1. The van der Waals surface area contributed by atoms with E-state index < -0.39 is 0 Å². The summed E-state index contributed by atoms with van der Waals surface area (Å²) in [7, 11) is 1.82. The maximum Gasteiger partial charge on any atom is 0.222 e. The van der Waals surface area contributed by atoms with Gasteiger partial charge in [-0.1, -0.05) is 19.3 Å². The minimum atomic E-state index is -0.349. The second kappa shape index (κ2) is 7.10. The number of amides is 1. The Morgan fingerprint density at radius 1 is 1.39 bits per heavy atom. The summed E-state index contributed by atoms with van der Waals surface area (Å²) in [5, 5.41) is 9.24. The van der Waals surface area contributed by atoms with Gasteiger partial charge in [0.1, 0.15) is 0 Å². The van der Waals surface area contributed by atoms with Crippen LogP contribution >= 0.6 is 0 Å². The monoisotopic (exact) mass is 256 g/mol. The molecule has 0 saturated heterocycles. The summed E-state index contributed by atoms with van der Waals surface area (Å²) in [5.41, 5.74) is 5.93. The molecule has 18 heavy (non-hydrogen) atoms. The molecule has 0 heterocycles. The van der Waals surface area contributed by atoms with E-state index in [1.165, 1.54) is 19.3 Å². The molecule has 4 nitrogen and oxygen atoms in total. The number of rotatable bonds is 6. The van der Waals surface area contributed by atoms with Crippen LogP contribution in [0.4, 0.5) is 0 Å². The number of aliphatic hydroxyl groups excluding tert-OH is 1. The first-order chi connectivity index (χ1) is 8.49. The molecule has 106 valence electrons. The van der Waals surface area contributed by atoms with Gasteiger partial charge >= 0.3 is 0 Å². The quantitative estimate of drug-likeness (QED) is 0.757. The van der Waals surface area contributed by atoms with Crippen LogP contribution in [-0.2, 0) is 4.79 Å². The zero-order valence-corrected chi connectivity index (χ0v) is 11.8. The Morgan fingerprint density at radius 2 is 2.00 bits per heavy atom. The van der Waals surface area contributed by atoms with Crippen LogP contribution in [-0.4, -0.2) is 42.2 Å². The van der Waals surface area contributed by atoms with Crippen molar-refractivity contribution in [2.24, 2.45) is 11.1 Å².